The number of carbonyl (C=O) groups is 1. The van der Waals surface area contributed by atoms with E-state index in [9.17, 15) is 9.59 Å². The van der Waals surface area contributed by atoms with Crippen LogP contribution in [0.5, 0.6) is 11.5 Å². The number of ether oxygens (including phenoxy) is 2. The quantitative estimate of drug-likeness (QED) is 0.814. The summed E-state index contributed by atoms with van der Waals surface area (Å²) < 4.78 is 11.8. The van der Waals surface area contributed by atoms with Crippen molar-refractivity contribution in [3.63, 3.8) is 0 Å². The Balaban J connectivity index is 2.65. The summed E-state index contributed by atoms with van der Waals surface area (Å²) in [6, 6.07) is 8.34. The predicted molar refractivity (Wildman–Crippen MR) is 80.4 cm³/mol. The van der Waals surface area contributed by atoms with Gasteiger partial charge in [0.1, 0.15) is 11.5 Å². The first-order chi connectivity index (χ1) is 9.99. The van der Waals surface area contributed by atoms with Crippen molar-refractivity contribution in [3.05, 3.63) is 46.2 Å². The molecule has 6 heteroatoms. The summed E-state index contributed by atoms with van der Waals surface area (Å²) >= 11 is 5.38. The van der Waals surface area contributed by atoms with Gasteiger partial charge in [0.15, 0.2) is 0 Å². The molecule has 0 bridgehead atoms. The number of halogens is 1. The second-order valence-electron chi connectivity index (χ2n) is 4.34. The monoisotopic (exact) mass is 307 g/mol. The molecule has 2 rings (SSSR count). The fraction of sp³-hybridized carbons (Fsp3) is 0.200. The number of aromatic nitrogens is 1. The van der Waals surface area contributed by atoms with E-state index >= 15 is 0 Å². The SMILES string of the molecule is COc1ccc(-c2ccc(C(=O)Cl)c(=O)n2C)c(OC)c1. The molecule has 0 saturated carbocycles. The van der Waals surface area contributed by atoms with Gasteiger partial charge in [-0.2, -0.15) is 0 Å². The lowest BCUT2D eigenvalue weighted by atomic mass is 10.1. The van der Waals surface area contributed by atoms with E-state index in [1.807, 2.05) is 0 Å². The van der Waals surface area contributed by atoms with E-state index in [4.69, 9.17) is 21.1 Å². The van der Waals surface area contributed by atoms with Crippen molar-refractivity contribution in [2.75, 3.05) is 14.2 Å². The molecule has 0 spiro atoms. The molecule has 0 aliphatic rings. The number of hydrogen-bond donors (Lipinski definition) is 0. The third-order valence-corrected chi connectivity index (χ3v) is 3.40. The normalized spacial score (nSPS) is 10.3. The molecule has 1 aromatic carbocycles. The van der Waals surface area contributed by atoms with Crippen molar-refractivity contribution in [1.29, 1.82) is 0 Å². The van der Waals surface area contributed by atoms with Crippen LogP contribution >= 0.6 is 11.6 Å². The molecule has 0 fully saturated rings. The molecule has 110 valence electrons. The van der Waals surface area contributed by atoms with Gasteiger partial charge in [0.25, 0.3) is 10.8 Å². The van der Waals surface area contributed by atoms with Crippen LogP contribution in [0.3, 0.4) is 0 Å². The van der Waals surface area contributed by atoms with Crippen LogP contribution in [0.2, 0.25) is 0 Å². The minimum atomic E-state index is -0.774. The molecule has 1 aromatic heterocycles. The van der Waals surface area contributed by atoms with Gasteiger partial charge in [0.2, 0.25) is 0 Å². The molecule has 0 amide bonds. The maximum atomic E-state index is 12.1. The molecule has 0 N–H and O–H groups in total. The Morgan fingerprint density at radius 3 is 2.43 bits per heavy atom. The zero-order chi connectivity index (χ0) is 15.6. The van der Waals surface area contributed by atoms with E-state index in [1.54, 1.807) is 38.4 Å². The highest BCUT2D eigenvalue weighted by molar-refractivity contribution is 6.67. The van der Waals surface area contributed by atoms with Gasteiger partial charge in [-0.15, -0.1) is 0 Å². The van der Waals surface area contributed by atoms with Gasteiger partial charge in [0, 0.05) is 18.7 Å². The fourth-order valence-corrected chi connectivity index (χ4v) is 2.21. The van der Waals surface area contributed by atoms with Crippen molar-refractivity contribution in [3.8, 4) is 22.8 Å². The Morgan fingerprint density at radius 1 is 1.14 bits per heavy atom. The summed E-state index contributed by atoms with van der Waals surface area (Å²) in [5, 5.41) is -0.774. The molecule has 0 unspecified atom stereocenters. The fourth-order valence-electron chi connectivity index (χ4n) is 2.07. The van der Waals surface area contributed by atoms with Gasteiger partial charge in [-0.1, -0.05) is 0 Å². The van der Waals surface area contributed by atoms with Gasteiger partial charge in [-0.3, -0.25) is 9.59 Å². The minimum absolute atomic E-state index is 0.0598. The van der Waals surface area contributed by atoms with E-state index in [0.717, 1.165) is 0 Å². The highest BCUT2D eigenvalue weighted by Crippen LogP contribution is 2.32. The zero-order valence-electron chi connectivity index (χ0n) is 11.8. The van der Waals surface area contributed by atoms with E-state index in [-0.39, 0.29) is 5.56 Å². The van der Waals surface area contributed by atoms with Gasteiger partial charge < -0.3 is 14.0 Å². The van der Waals surface area contributed by atoms with Crippen LogP contribution in [0.15, 0.2) is 35.1 Å². The number of hydrogen-bond acceptors (Lipinski definition) is 4. The van der Waals surface area contributed by atoms with Crippen LogP contribution in [-0.2, 0) is 7.05 Å². The van der Waals surface area contributed by atoms with Crippen LogP contribution in [0.1, 0.15) is 10.4 Å². The van der Waals surface area contributed by atoms with Crippen LogP contribution < -0.4 is 15.0 Å². The molecule has 0 atom stereocenters. The second kappa shape index (κ2) is 6.01. The van der Waals surface area contributed by atoms with Crippen LogP contribution in [0, 0.1) is 0 Å². The summed E-state index contributed by atoms with van der Waals surface area (Å²) in [6.07, 6.45) is 0. The first kappa shape index (κ1) is 15.1. The predicted octanol–water partition coefficient (Wildman–Crippen LogP) is 2.45. The molecule has 0 radical (unpaired) electrons. The average Bonchev–Trinajstić information content (AvgIpc) is 2.49. The second-order valence-corrected chi connectivity index (χ2v) is 4.68. The molecular formula is C15H14ClNO4. The number of pyridine rings is 1. The summed E-state index contributed by atoms with van der Waals surface area (Å²) in [5.74, 6) is 1.21. The summed E-state index contributed by atoms with van der Waals surface area (Å²) in [7, 11) is 4.67. The van der Waals surface area contributed by atoms with E-state index in [2.05, 4.69) is 0 Å². The lowest BCUT2D eigenvalue weighted by Crippen LogP contribution is -2.23. The summed E-state index contributed by atoms with van der Waals surface area (Å²) in [4.78, 5) is 23.3. The van der Waals surface area contributed by atoms with Crippen molar-refractivity contribution < 1.29 is 14.3 Å². The molecule has 0 aliphatic heterocycles. The third-order valence-electron chi connectivity index (χ3n) is 3.20. The standard InChI is InChI=1S/C15H14ClNO4/c1-17-12(7-6-11(14(16)18)15(17)19)10-5-4-9(20-2)8-13(10)21-3/h4-8H,1-3H3. The Labute approximate surface area is 126 Å². The van der Waals surface area contributed by atoms with Gasteiger partial charge >= 0.3 is 0 Å². The maximum absolute atomic E-state index is 12.1. The zero-order valence-corrected chi connectivity index (χ0v) is 12.6. The lowest BCUT2D eigenvalue weighted by Gasteiger charge is -2.14. The highest BCUT2D eigenvalue weighted by Gasteiger charge is 2.15. The van der Waals surface area contributed by atoms with Crippen LogP contribution in [-0.4, -0.2) is 24.0 Å². The maximum Gasteiger partial charge on any atom is 0.262 e. The highest BCUT2D eigenvalue weighted by atomic mass is 35.5. The number of methoxy groups -OCH3 is 2. The van der Waals surface area contributed by atoms with Gasteiger partial charge in [-0.05, 0) is 35.9 Å². The number of carbonyl (C=O) groups excluding carboxylic acids is 1. The molecule has 21 heavy (non-hydrogen) atoms. The molecule has 2 aromatic rings. The number of nitrogens with zero attached hydrogens (tertiary/aromatic N) is 1. The first-order valence-electron chi connectivity index (χ1n) is 6.12. The topological polar surface area (TPSA) is 57.5 Å². The summed E-state index contributed by atoms with van der Waals surface area (Å²) in [5.41, 5.74) is 0.813. The van der Waals surface area contributed by atoms with Gasteiger partial charge in [-0.25, -0.2) is 0 Å². The van der Waals surface area contributed by atoms with Crippen molar-refractivity contribution >= 4 is 16.8 Å². The Hall–Kier alpha value is -2.27. The Bertz CT molecular complexity index is 752. The van der Waals surface area contributed by atoms with Crippen LogP contribution in [0.4, 0.5) is 0 Å². The first-order valence-corrected chi connectivity index (χ1v) is 6.49. The minimum Gasteiger partial charge on any atom is -0.497 e. The van der Waals surface area contributed by atoms with Crippen molar-refractivity contribution in [2.24, 2.45) is 7.05 Å². The van der Waals surface area contributed by atoms with E-state index in [0.29, 0.717) is 22.8 Å². The van der Waals surface area contributed by atoms with Gasteiger partial charge in [0.05, 0.1) is 25.5 Å². The number of benzene rings is 1. The van der Waals surface area contributed by atoms with Crippen molar-refractivity contribution in [1.82, 2.24) is 4.57 Å². The largest absolute Gasteiger partial charge is 0.497 e. The number of rotatable bonds is 4. The Morgan fingerprint density at radius 2 is 1.86 bits per heavy atom. The van der Waals surface area contributed by atoms with E-state index < -0.39 is 10.8 Å². The smallest absolute Gasteiger partial charge is 0.262 e. The van der Waals surface area contributed by atoms with Crippen molar-refractivity contribution in [2.45, 2.75) is 0 Å². The Kier molecular flexibility index (Phi) is 4.33. The van der Waals surface area contributed by atoms with E-state index in [1.165, 1.54) is 17.7 Å². The summed E-state index contributed by atoms with van der Waals surface area (Å²) in [6.45, 7) is 0. The molecule has 0 saturated heterocycles. The van der Waals surface area contributed by atoms with Crippen LogP contribution in [0.25, 0.3) is 11.3 Å². The lowest BCUT2D eigenvalue weighted by molar-refractivity contribution is 0.107. The molecule has 1 heterocycles. The molecule has 0 aliphatic carbocycles. The molecular weight excluding hydrogens is 294 g/mol. The third kappa shape index (κ3) is 2.78. The average molecular weight is 308 g/mol. The molecule has 5 nitrogen and oxygen atoms in total.